The van der Waals surface area contributed by atoms with E-state index in [1.807, 2.05) is 0 Å². The molecule has 0 radical (unpaired) electrons. The maximum absolute atomic E-state index is 12.9. The summed E-state index contributed by atoms with van der Waals surface area (Å²) < 4.78 is 25.8. The number of hydrogen-bond acceptors (Lipinski definition) is 1. The predicted octanol–water partition coefficient (Wildman–Crippen LogP) is 4.44. The fourth-order valence-electron chi connectivity index (χ4n) is 1.95. The van der Waals surface area contributed by atoms with Crippen LogP contribution in [0.25, 0.3) is 0 Å². The van der Waals surface area contributed by atoms with E-state index in [1.54, 1.807) is 0 Å². The molecule has 0 spiro atoms. The first-order chi connectivity index (χ1) is 8.61. The van der Waals surface area contributed by atoms with Gasteiger partial charge in [-0.25, -0.2) is 8.78 Å². The third-order valence-corrected chi connectivity index (χ3v) is 2.88. The second-order valence-electron chi connectivity index (χ2n) is 4.66. The summed E-state index contributed by atoms with van der Waals surface area (Å²) in [5.41, 5.74) is 0.422. The van der Waals surface area contributed by atoms with Crippen molar-refractivity contribution in [1.29, 1.82) is 0 Å². The molecule has 1 rings (SSSR count). The molecule has 0 amide bonds. The summed E-state index contributed by atoms with van der Waals surface area (Å²) in [6.07, 6.45) is 6.08. The van der Waals surface area contributed by atoms with Gasteiger partial charge in [0.25, 0.3) is 0 Å². The average molecular weight is 254 g/mol. The first kappa shape index (κ1) is 14.8. The average Bonchev–Trinajstić information content (AvgIpc) is 2.27. The molecule has 0 saturated heterocycles. The molecule has 0 aliphatic rings. The van der Waals surface area contributed by atoms with Crippen LogP contribution >= 0.6 is 0 Å². The minimum Gasteiger partial charge on any atom is -0.299 e. The molecule has 0 saturated carbocycles. The first-order valence-electron chi connectivity index (χ1n) is 6.58. The molecule has 0 aliphatic carbocycles. The van der Waals surface area contributed by atoms with Gasteiger partial charge in [0.15, 0.2) is 0 Å². The van der Waals surface area contributed by atoms with Crippen LogP contribution in [-0.4, -0.2) is 5.78 Å². The van der Waals surface area contributed by atoms with E-state index in [9.17, 15) is 13.6 Å². The Morgan fingerprint density at radius 2 is 1.61 bits per heavy atom. The highest BCUT2D eigenvalue weighted by atomic mass is 19.1. The van der Waals surface area contributed by atoms with E-state index in [4.69, 9.17) is 0 Å². The second-order valence-corrected chi connectivity index (χ2v) is 4.66. The molecular weight excluding hydrogens is 234 g/mol. The third-order valence-electron chi connectivity index (χ3n) is 2.88. The van der Waals surface area contributed by atoms with Crippen LogP contribution in [0, 0.1) is 11.6 Å². The molecule has 1 aromatic carbocycles. The molecule has 1 nitrogen and oxygen atoms in total. The Hall–Kier alpha value is -1.25. The van der Waals surface area contributed by atoms with Crippen LogP contribution in [0.5, 0.6) is 0 Å². The SMILES string of the molecule is CCCCCCCC(=O)Cc1cc(F)cc(F)c1. The lowest BCUT2D eigenvalue weighted by Gasteiger charge is -2.02. The van der Waals surface area contributed by atoms with Crippen LogP contribution in [0.2, 0.25) is 0 Å². The number of halogens is 2. The van der Waals surface area contributed by atoms with Crippen molar-refractivity contribution in [2.24, 2.45) is 0 Å². The highest BCUT2D eigenvalue weighted by Crippen LogP contribution is 2.11. The zero-order chi connectivity index (χ0) is 13.4. The maximum atomic E-state index is 12.9. The fourth-order valence-corrected chi connectivity index (χ4v) is 1.95. The highest BCUT2D eigenvalue weighted by molar-refractivity contribution is 5.80. The largest absolute Gasteiger partial charge is 0.299 e. The number of carbonyl (C=O) groups excluding carboxylic acids is 1. The number of benzene rings is 1. The zero-order valence-corrected chi connectivity index (χ0v) is 10.8. The predicted molar refractivity (Wildman–Crippen MR) is 68.4 cm³/mol. The van der Waals surface area contributed by atoms with E-state index < -0.39 is 11.6 Å². The molecule has 0 unspecified atom stereocenters. The molecule has 0 heterocycles. The molecule has 0 bridgehead atoms. The van der Waals surface area contributed by atoms with Crippen LogP contribution in [-0.2, 0) is 11.2 Å². The van der Waals surface area contributed by atoms with Crippen molar-refractivity contribution < 1.29 is 13.6 Å². The van der Waals surface area contributed by atoms with Gasteiger partial charge in [0, 0.05) is 18.9 Å². The Bertz CT molecular complexity index is 368. The Labute approximate surface area is 107 Å². The summed E-state index contributed by atoms with van der Waals surface area (Å²) in [7, 11) is 0. The van der Waals surface area contributed by atoms with Gasteiger partial charge in [0.05, 0.1) is 0 Å². The summed E-state index contributed by atoms with van der Waals surface area (Å²) in [5.74, 6) is -1.20. The van der Waals surface area contributed by atoms with Crippen LogP contribution in [0.3, 0.4) is 0 Å². The maximum Gasteiger partial charge on any atom is 0.137 e. The number of ketones is 1. The molecule has 0 fully saturated rings. The van der Waals surface area contributed by atoms with E-state index in [-0.39, 0.29) is 12.2 Å². The van der Waals surface area contributed by atoms with E-state index in [2.05, 4.69) is 6.92 Å². The Morgan fingerprint density at radius 1 is 1.00 bits per heavy atom. The minimum absolute atomic E-state index is 0.0523. The van der Waals surface area contributed by atoms with E-state index in [0.29, 0.717) is 12.0 Å². The molecule has 100 valence electrons. The molecule has 18 heavy (non-hydrogen) atoms. The van der Waals surface area contributed by atoms with Crippen molar-refractivity contribution in [3.63, 3.8) is 0 Å². The Balaban J connectivity index is 2.31. The van der Waals surface area contributed by atoms with Crippen molar-refractivity contribution in [3.05, 3.63) is 35.4 Å². The van der Waals surface area contributed by atoms with Gasteiger partial charge in [-0.15, -0.1) is 0 Å². The summed E-state index contributed by atoms with van der Waals surface area (Å²) in [6.45, 7) is 2.14. The monoisotopic (exact) mass is 254 g/mol. The smallest absolute Gasteiger partial charge is 0.137 e. The summed E-state index contributed by atoms with van der Waals surface area (Å²) in [5, 5.41) is 0. The van der Waals surface area contributed by atoms with Gasteiger partial charge in [-0.2, -0.15) is 0 Å². The molecule has 0 N–H and O–H groups in total. The number of Topliss-reactive ketones (excluding diaryl/α,β-unsaturated/α-hetero) is 1. The van der Waals surface area contributed by atoms with Crippen molar-refractivity contribution in [3.8, 4) is 0 Å². The molecule has 0 atom stereocenters. The van der Waals surface area contributed by atoms with Gasteiger partial charge in [0.2, 0.25) is 0 Å². The normalized spacial score (nSPS) is 10.6. The number of rotatable bonds is 8. The zero-order valence-electron chi connectivity index (χ0n) is 10.8. The second kappa shape index (κ2) is 7.96. The lowest BCUT2D eigenvalue weighted by Crippen LogP contribution is -2.03. The standard InChI is InChI=1S/C15H20F2O/c1-2-3-4-5-6-7-15(18)10-12-8-13(16)11-14(17)9-12/h8-9,11H,2-7,10H2,1H3. The summed E-state index contributed by atoms with van der Waals surface area (Å²) >= 11 is 0. The van der Waals surface area contributed by atoms with Gasteiger partial charge in [-0.3, -0.25) is 4.79 Å². The van der Waals surface area contributed by atoms with Gasteiger partial charge in [0.1, 0.15) is 17.4 Å². The highest BCUT2D eigenvalue weighted by Gasteiger charge is 2.06. The van der Waals surface area contributed by atoms with Crippen molar-refractivity contribution >= 4 is 5.78 Å². The topological polar surface area (TPSA) is 17.1 Å². The van der Waals surface area contributed by atoms with E-state index >= 15 is 0 Å². The Morgan fingerprint density at radius 3 is 2.22 bits per heavy atom. The first-order valence-corrected chi connectivity index (χ1v) is 6.58. The molecule has 0 aliphatic heterocycles. The van der Waals surface area contributed by atoms with Gasteiger partial charge < -0.3 is 0 Å². The number of unbranched alkanes of at least 4 members (excludes halogenated alkanes) is 4. The van der Waals surface area contributed by atoms with Crippen LogP contribution in [0.4, 0.5) is 8.78 Å². The van der Waals surface area contributed by atoms with Crippen molar-refractivity contribution in [2.45, 2.75) is 51.9 Å². The van der Waals surface area contributed by atoms with Gasteiger partial charge in [-0.1, -0.05) is 32.6 Å². The minimum atomic E-state index is -0.624. The van der Waals surface area contributed by atoms with E-state index in [0.717, 1.165) is 25.3 Å². The fraction of sp³-hybridized carbons (Fsp3) is 0.533. The molecule has 0 aromatic heterocycles. The van der Waals surface area contributed by atoms with Crippen LogP contribution < -0.4 is 0 Å². The van der Waals surface area contributed by atoms with Gasteiger partial charge in [-0.05, 0) is 24.1 Å². The molecule has 1 aromatic rings. The number of carbonyl (C=O) groups is 1. The van der Waals surface area contributed by atoms with Crippen molar-refractivity contribution in [2.75, 3.05) is 0 Å². The number of hydrogen-bond donors (Lipinski definition) is 0. The lowest BCUT2D eigenvalue weighted by molar-refractivity contribution is -0.118. The lowest BCUT2D eigenvalue weighted by atomic mass is 10.0. The van der Waals surface area contributed by atoms with Crippen molar-refractivity contribution in [1.82, 2.24) is 0 Å². The van der Waals surface area contributed by atoms with E-state index in [1.165, 1.54) is 25.0 Å². The molecule has 3 heteroatoms. The Kier molecular flexibility index (Phi) is 6.55. The summed E-state index contributed by atoms with van der Waals surface area (Å²) in [4.78, 5) is 11.6. The van der Waals surface area contributed by atoms with Crippen LogP contribution in [0.1, 0.15) is 51.0 Å². The third kappa shape index (κ3) is 5.89. The van der Waals surface area contributed by atoms with Crippen LogP contribution in [0.15, 0.2) is 18.2 Å². The quantitative estimate of drug-likeness (QED) is 0.627. The summed E-state index contributed by atoms with van der Waals surface area (Å²) in [6, 6.07) is 3.26. The molecular formula is C15H20F2O. The van der Waals surface area contributed by atoms with Gasteiger partial charge >= 0.3 is 0 Å².